The van der Waals surface area contributed by atoms with Gasteiger partial charge < -0.3 is 5.73 Å². The van der Waals surface area contributed by atoms with Crippen molar-refractivity contribution >= 4 is 21.7 Å². The van der Waals surface area contributed by atoms with Crippen LogP contribution in [0.25, 0.3) is 0 Å². The Balaban J connectivity index is 2.98. The van der Waals surface area contributed by atoms with Gasteiger partial charge in [0.1, 0.15) is 10.4 Å². The van der Waals surface area contributed by atoms with Crippen LogP contribution in [0.1, 0.15) is 5.56 Å². The summed E-state index contributed by atoms with van der Waals surface area (Å²) >= 11 is 3.23. The predicted octanol–water partition coefficient (Wildman–Crippen LogP) is 2.15. The zero-order chi connectivity index (χ0) is 8.27. The van der Waals surface area contributed by atoms with Crippen LogP contribution in [0, 0.1) is 0 Å². The number of nitrogens with zero attached hydrogens (tertiary/aromatic N) is 1. The van der Waals surface area contributed by atoms with Gasteiger partial charge in [-0.1, -0.05) is 12.1 Å². The number of anilines is 1. The Labute approximate surface area is 74.3 Å². The van der Waals surface area contributed by atoms with Gasteiger partial charge in [0.15, 0.2) is 0 Å². The van der Waals surface area contributed by atoms with Crippen molar-refractivity contribution in [2.24, 2.45) is 0 Å². The van der Waals surface area contributed by atoms with Gasteiger partial charge in [0, 0.05) is 0 Å². The van der Waals surface area contributed by atoms with Gasteiger partial charge in [-0.15, -0.1) is 6.58 Å². The van der Waals surface area contributed by atoms with Crippen molar-refractivity contribution in [3.8, 4) is 0 Å². The van der Waals surface area contributed by atoms with E-state index in [-0.39, 0.29) is 0 Å². The molecule has 0 aliphatic rings. The van der Waals surface area contributed by atoms with Gasteiger partial charge in [-0.25, -0.2) is 4.98 Å². The molecule has 0 fully saturated rings. The Morgan fingerprint density at radius 1 is 1.64 bits per heavy atom. The quantitative estimate of drug-likeness (QED) is 0.603. The molecule has 0 aliphatic carbocycles. The van der Waals surface area contributed by atoms with Crippen molar-refractivity contribution < 1.29 is 0 Å². The molecule has 0 unspecified atom stereocenters. The van der Waals surface area contributed by atoms with Crippen LogP contribution < -0.4 is 5.73 Å². The lowest BCUT2D eigenvalue weighted by molar-refractivity contribution is 1.18. The van der Waals surface area contributed by atoms with Crippen molar-refractivity contribution in [1.29, 1.82) is 0 Å². The zero-order valence-corrected chi connectivity index (χ0v) is 7.63. The number of hydrogen-bond acceptors (Lipinski definition) is 2. The molecule has 1 heterocycles. The molecule has 58 valence electrons. The average Bonchev–Trinajstić information content (AvgIpc) is 1.95. The van der Waals surface area contributed by atoms with Crippen molar-refractivity contribution in [3.05, 3.63) is 35.0 Å². The molecule has 0 saturated heterocycles. The molecule has 0 aliphatic heterocycles. The van der Waals surface area contributed by atoms with Crippen LogP contribution in [0.5, 0.6) is 0 Å². The van der Waals surface area contributed by atoms with Gasteiger partial charge in [0.2, 0.25) is 0 Å². The second-order valence-electron chi connectivity index (χ2n) is 2.17. The minimum absolute atomic E-state index is 0.569. The van der Waals surface area contributed by atoms with Gasteiger partial charge in [0.25, 0.3) is 0 Å². The highest BCUT2D eigenvalue weighted by Crippen LogP contribution is 2.14. The van der Waals surface area contributed by atoms with E-state index in [1.807, 2.05) is 12.1 Å². The van der Waals surface area contributed by atoms with E-state index in [1.54, 1.807) is 6.08 Å². The molecule has 0 saturated carbocycles. The van der Waals surface area contributed by atoms with Crippen LogP contribution in [-0.4, -0.2) is 4.98 Å². The Kier molecular flexibility index (Phi) is 2.65. The van der Waals surface area contributed by atoms with Crippen LogP contribution in [-0.2, 0) is 6.42 Å². The lowest BCUT2D eigenvalue weighted by atomic mass is 10.2. The van der Waals surface area contributed by atoms with Crippen molar-refractivity contribution in [1.82, 2.24) is 4.98 Å². The number of nitrogens with two attached hydrogens (primary N) is 1. The fourth-order valence-corrected chi connectivity index (χ4v) is 1.13. The minimum Gasteiger partial charge on any atom is -0.383 e. The third-order valence-corrected chi connectivity index (χ3v) is 1.78. The van der Waals surface area contributed by atoms with Crippen molar-refractivity contribution in [2.75, 3.05) is 5.73 Å². The lowest BCUT2D eigenvalue weighted by Gasteiger charge is -2.00. The smallest absolute Gasteiger partial charge is 0.128 e. The summed E-state index contributed by atoms with van der Waals surface area (Å²) in [6.07, 6.45) is 2.58. The van der Waals surface area contributed by atoms with E-state index < -0.39 is 0 Å². The fourth-order valence-electron chi connectivity index (χ4n) is 0.807. The van der Waals surface area contributed by atoms with Gasteiger partial charge in [-0.2, -0.15) is 0 Å². The molecule has 1 aromatic rings. The highest BCUT2D eigenvalue weighted by atomic mass is 79.9. The van der Waals surface area contributed by atoms with Crippen LogP contribution >= 0.6 is 15.9 Å². The summed E-state index contributed by atoms with van der Waals surface area (Å²) in [4.78, 5) is 4.04. The molecule has 1 aromatic heterocycles. The summed E-state index contributed by atoms with van der Waals surface area (Å²) in [5.74, 6) is 0.569. The molecule has 0 aromatic carbocycles. The molecule has 1 rings (SSSR count). The highest BCUT2D eigenvalue weighted by molar-refractivity contribution is 9.10. The van der Waals surface area contributed by atoms with E-state index in [2.05, 4.69) is 27.5 Å². The first-order valence-corrected chi connectivity index (χ1v) is 4.05. The van der Waals surface area contributed by atoms with E-state index in [0.29, 0.717) is 5.82 Å². The molecule has 0 radical (unpaired) electrons. The summed E-state index contributed by atoms with van der Waals surface area (Å²) in [5.41, 5.74) is 6.64. The summed E-state index contributed by atoms with van der Waals surface area (Å²) in [7, 11) is 0. The normalized spacial score (nSPS) is 9.55. The van der Waals surface area contributed by atoms with E-state index >= 15 is 0 Å². The van der Waals surface area contributed by atoms with Gasteiger partial charge >= 0.3 is 0 Å². The van der Waals surface area contributed by atoms with E-state index in [0.717, 1.165) is 16.6 Å². The van der Waals surface area contributed by atoms with Gasteiger partial charge in [0.05, 0.1) is 0 Å². The molecule has 2 N–H and O–H groups in total. The van der Waals surface area contributed by atoms with Crippen molar-refractivity contribution in [3.63, 3.8) is 0 Å². The molecule has 0 atom stereocenters. The van der Waals surface area contributed by atoms with Gasteiger partial charge in [-0.05, 0) is 34.0 Å². The SMILES string of the molecule is C=CCc1ccc(Br)nc1N. The minimum atomic E-state index is 0.569. The maximum Gasteiger partial charge on any atom is 0.128 e. The summed E-state index contributed by atoms with van der Waals surface area (Å²) in [6, 6.07) is 3.81. The van der Waals surface area contributed by atoms with E-state index in [9.17, 15) is 0 Å². The first-order valence-electron chi connectivity index (χ1n) is 3.26. The van der Waals surface area contributed by atoms with E-state index in [1.165, 1.54) is 0 Å². The van der Waals surface area contributed by atoms with E-state index in [4.69, 9.17) is 5.73 Å². The second-order valence-corrected chi connectivity index (χ2v) is 2.98. The Morgan fingerprint density at radius 3 is 2.91 bits per heavy atom. The molecule has 2 nitrogen and oxygen atoms in total. The average molecular weight is 213 g/mol. The molecule has 0 bridgehead atoms. The number of halogens is 1. The van der Waals surface area contributed by atoms with Crippen LogP contribution in [0.3, 0.4) is 0 Å². The number of allylic oxidation sites excluding steroid dienone is 1. The van der Waals surface area contributed by atoms with Crippen LogP contribution in [0.2, 0.25) is 0 Å². The second kappa shape index (κ2) is 3.53. The Morgan fingerprint density at radius 2 is 2.36 bits per heavy atom. The van der Waals surface area contributed by atoms with Gasteiger partial charge in [-0.3, -0.25) is 0 Å². The molecular formula is C8H9BrN2. The molecule has 11 heavy (non-hydrogen) atoms. The summed E-state index contributed by atoms with van der Waals surface area (Å²) in [5, 5.41) is 0. The Hall–Kier alpha value is -0.830. The molecule has 0 spiro atoms. The zero-order valence-electron chi connectivity index (χ0n) is 6.05. The number of hydrogen-bond donors (Lipinski definition) is 1. The topological polar surface area (TPSA) is 38.9 Å². The summed E-state index contributed by atoms with van der Waals surface area (Å²) in [6.45, 7) is 3.62. The van der Waals surface area contributed by atoms with Crippen LogP contribution in [0.15, 0.2) is 29.4 Å². The third-order valence-electron chi connectivity index (χ3n) is 1.34. The largest absolute Gasteiger partial charge is 0.383 e. The monoisotopic (exact) mass is 212 g/mol. The van der Waals surface area contributed by atoms with Crippen LogP contribution in [0.4, 0.5) is 5.82 Å². The Bertz CT molecular complexity index is 271. The highest BCUT2D eigenvalue weighted by Gasteiger charge is 1.97. The molecule has 0 amide bonds. The first-order chi connectivity index (χ1) is 5.24. The molecular weight excluding hydrogens is 204 g/mol. The number of aromatic nitrogens is 1. The lowest BCUT2D eigenvalue weighted by Crippen LogP contribution is -1.96. The maximum absolute atomic E-state index is 5.62. The van der Waals surface area contributed by atoms with Crippen molar-refractivity contribution in [2.45, 2.75) is 6.42 Å². The number of rotatable bonds is 2. The molecule has 3 heteroatoms. The third kappa shape index (κ3) is 2.05. The first kappa shape index (κ1) is 8.27. The standard InChI is InChI=1S/C8H9BrN2/c1-2-3-6-4-5-7(9)11-8(6)10/h2,4-5H,1,3H2,(H2,10,11). The predicted molar refractivity (Wildman–Crippen MR) is 50.3 cm³/mol. The maximum atomic E-state index is 5.62. The summed E-state index contributed by atoms with van der Waals surface area (Å²) < 4.78 is 0.766. The number of nitrogen functional groups attached to an aromatic ring is 1. The fraction of sp³-hybridized carbons (Fsp3) is 0.125. The number of pyridine rings is 1.